The quantitative estimate of drug-likeness (QED) is 0.393. The second-order valence-electron chi connectivity index (χ2n) is 6.86. The molecule has 1 aliphatic heterocycles. The first-order valence-corrected chi connectivity index (χ1v) is 11.7. The number of nitrogens with zero attached hydrogens (tertiary/aromatic N) is 2. The fourth-order valence-electron chi connectivity index (χ4n) is 3.11. The molecule has 0 spiro atoms. The normalized spacial score (nSPS) is 14.3. The molecule has 1 saturated heterocycles. The van der Waals surface area contributed by atoms with Gasteiger partial charge in [-0.2, -0.15) is 0 Å². The van der Waals surface area contributed by atoms with Gasteiger partial charge in [0.15, 0.2) is 0 Å². The molecule has 0 aromatic heterocycles. The van der Waals surface area contributed by atoms with E-state index in [4.69, 9.17) is 0 Å². The molecule has 1 aliphatic rings. The Labute approximate surface area is 202 Å². The summed E-state index contributed by atoms with van der Waals surface area (Å²) in [4.78, 5) is 40.6. The van der Waals surface area contributed by atoms with Gasteiger partial charge >= 0.3 is 11.8 Å². The number of carbonyl (C=O) groups is 3. The van der Waals surface area contributed by atoms with E-state index in [0.29, 0.717) is 37.4 Å². The molecule has 0 unspecified atom stereocenters. The van der Waals surface area contributed by atoms with E-state index in [9.17, 15) is 14.4 Å². The largest absolute Gasteiger partial charge is 0.347 e. The average molecular weight is 632 g/mol. The predicted molar refractivity (Wildman–Crippen MR) is 132 cm³/mol. The van der Waals surface area contributed by atoms with Gasteiger partial charge in [-0.1, -0.05) is 6.07 Å². The highest BCUT2D eigenvalue weighted by Crippen LogP contribution is 2.13. The zero-order valence-corrected chi connectivity index (χ0v) is 20.6. The molecule has 0 aliphatic carbocycles. The lowest BCUT2D eigenvalue weighted by atomic mass is 10.2. The maximum absolute atomic E-state index is 12.6. The van der Waals surface area contributed by atoms with Gasteiger partial charge in [-0.15, -0.1) is 0 Å². The van der Waals surface area contributed by atoms with Crippen LogP contribution < -0.4 is 10.6 Å². The van der Waals surface area contributed by atoms with Crippen molar-refractivity contribution in [2.75, 3.05) is 44.6 Å². The van der Waals surface area contributed by atoms with Crippen LogP contribution in [-0.2, 0) is 9.59 Å². The Morgan fingerprint density at radius 2 is 1.57 bits per heavy atom. The van der Waals surface area contributed by atoms with Crippen molar-refractivity contribution in [3.05, 3.63) is 61.2 Å². The highest BCUT2D eigenvalue weighted by Gasteiger charge is 2.22. The summed E-state index contributed by atoms with van der Waals surface area (Å²) in [6, 6.07) is 14.8. The van der Waals surface area contributed by atoms with E-state index in [1.807, 2.05) is 41.3 Å². The lowest BCUT2D eigenvalue weighted by Crippen LogP contribution is -2.50. The van der Waals surface area contributed by atoms with Gasteiger partial charge in [-0.3, -0.25) is 19.3 Å². The average Bonchev–Trinajstić information content (AvgIpc) is 2.75. The molecule has 0 saturated carbocycles. The Morgan fingerprint density at radius 3 is 2.23 bits per heavy atom. The molecule has 9 heteroatoms. The van der Waals surface area contributed by atoms with Gasteiger partial charge in [0, 0.05) is 57.7 Å². The zero-order chi connectivity index (χ0) is 21.5. The summed E-state index contributed by atoms with van der Waals surface area (Å²) < 4.78 is 2.09. The third kappa shape index (κ3) is 6.64. The van der Waals surface area contributed by atoms with E-state index in [1.54, 1.807) is 12.1 Å². The number of rotatable bonds is 5. The number of piperazine rings is 1. The summed E-state index contributed by atoms with van der Waals surface area (Å²) in [6.07, 6.45) is 0. The summed E-state index contributed by atoms with van der Waals surface area (Å²) in [7, 11) is 0. The lowest BCUT2D eigenvalue weighted by Gasteiger charge is -2.34. The van der Waals surface area contributed by atoms with E-state index in [-0.39, 0.29) is 5.91 Å². The Balaban J connectivity index is 1.37. The van der Waals surface area contributed by atoms with E-state index < -0.39 is 11.8 Å². The Hall–Kier alpha value is -1.73. The van der Waals surface area contributed by atoms with Crippen molar-refractivity contribution in [2.24, 2.45) is 0 Å². The lowest BCUT2D eigenvalue weighted by molar-refractivity contribution is -0.136. The highest BCUT2D eigenvalue weighted by atomic mass is 127. The minimum atomic E-state index is -0.677. The summed E-state index contributed by atoms with van der Waals surface area (Å²) in [5.74, 6) is -1.28. The fraction of sp³-hybridized carbons (Fsp3) is 0.286. The standard InChI is InChI=1S/C21H22I2N4O3/c22-16-4-6-18(7-5-16)25-20(29)19(28)24-8-9-26-10-12-27(13-11-26)21(30)15-2-1-3-17(23)14-15/h1-7,14H,8-13H2,(H,24,28)(H,25,29). The molecule has 1 heterocycles. The minimum Gasteiger partial charge on any atom is -0.347 e. The molecule has 2 aromatic rings. The van der Waals surface area contributed by atoms with Gasteiger partial charge in [0.25, 0.3) is 5.91 Å². The van der Waals surface area contributed by atoms with Crippen molar-refractivity contribution in [1.29, 1.82) is 0 Å². The van der Waals surface area contributed by atoms with Crippen LogP contribution in [0.25, 0.3) is 0 Å². The van der Waals surface area contributed by atoms with Crippen molar-refractivity contribution in [3.63, 3.8) is 0 Å². The SMILES string of the molecule is O=C(NCCN1CCN(C(=O)c2cccc(I)c2)CC1)C(=O)Nc1ccc(I)cc1. The molecule has 1 fully saturated rings. The number of halogens is 2. The molecule has 2 N–H and O–H groups in total. The van der Waals surface area contributed by atoms with E-state index in [2.05, 4.69) is 60.7 Å². The Bertz CT molecular complexity index is 913. The van der Waals surface area contributed by atoms with Crippen LogP contribution in [0.3, 0.4) is 0 Å². The number of amides is 3. The molecule has 3 amide bonds. The second kappa shape index (κ2) is 11.0. The number of hydrogen-bond acceptors (Lipinski definition) is 4. The van der Waals surface area contributed by atoms with Crippen molar-refractivity contribution in [1.82, 2.24) is 15.1 Å². The highest BCUT2D eigenvalue weighted by molar-refractivity contribution is 14.1. The summed E-state index contributed by atoms with van der Waals surface area (Å²) in [5, 5.41) is 5.23. The van der Waals surface area contributed by atoms with Gasteiger partial charge in [0.2, 0.25) is 0 Å². The molecule has 0 atom stereocenters. The van der Waals surface area contributed by atoms with Gasteiger partial charge < -0.3 is 15.5 Å². The third-order valence-electron chi connectivity index (χ3n) is 4.75. The molecule has 7 nitrogen and oxygen atoms in total. The van der Waals surface area contributed by atoms with Crippen LogP contribution >= 0.6 is 45.2 Å². The number of hydrogen-bond donors (Lipinski definition) is 2. The monoisotopic (exact) mass is 632 g/mol. The van der Waals surface area contributed by atoms with Crippen LogP contribution in [0.2, 0.25) is 0 Å². The van der Waals surface area contributed by atoms with E-state index in [0.717, 1.165) is 20.2 Å². The molecular formula is C21H22I2N4O3. The molecule has 158 valence electrons. The molecule has 0 bridgehead atoms. The maximum Gasteiger partial charge on any atom is 0.313 e. The minimum absolute atomic E-state index is 0.0498. The maximum atomic E-state index is 12.6. The van der Waals surface area contributed by atoms with Crippen LogP contribution in [0.5, 0.6) is 0 Å². The van der Waals surface area contributed by atoms with E-state index in [1.165, 1.54) is 0 Å². The smallest absolute Gasteiger partial charge is 0.313 e. The first kappa shape index (κ1) is 22.9. The van der Waals surface area contributed by atoms with Crippen molar-refractivity contribution < 1.29 is 14.4 Å². The fourth-order valence-corrected chi connectivity index (χ4v) is 4.01. The first-order chi connectivity index (χ1) is 14.4. The van der Waals surface area contributed by atoms with Crippen LogP contribution in [0.4, 0.5) is 5.69 Å². The van der Waals surface area contributed by atoms with Gasteiger partial charge in [0.05, 0.1) is 0 Å². The number of anilines is 1. The van der Waals surface area contributed by atoms with Crippen molar-refractivity contribution >= 4 is 68.6 Å². The topological polar surface area (TPSA) is 81.8 Å². The van der Waals surface area contributed by atoms with Crippen molar-refractivity contribution in [3.8, 4) is 0 Å². The molecule has 3 rings (SSSR count). The summed E-state index contributed by atoms with van der Waals surface area (Å²) >= 11 is 4.38. The Kier molecular flexibility index (Phi) is 8.45. The second-order valence-corrected chi connectivity index (χ2v) is 9.35. The molecule has 0 radical (unpaired) electrons. The van der Waals surface area contributed by atoms with Crippen LogP contribution in [0, 0.1) is 7.14 Å². The van der Waals surface area contributed by atoms with Crippen LogP contribution in [0.1, 0.15) is 10.4 Å². The van der Waals surface area contributed by atoms with Gasteiger partial charge in [0.1, 0.15) is 0 Å². The third-order valence-corrected chi connectivity index (χ3v) is 6.14. The van der Waals surface area contributed by atoms with Gasteiger partial charge in [-0.05, 0) is 87.6 Å². The number of benzene rings is 2. The summed E-state index contributed by atoms with van der Waals surface area (Å²) in [5.41, 5.74) is 1.30. The number of carbonyl (C=O) groups excluding carboxylic acids is 3. The molecular weight excluding hydrogens is 610 g/mol. The van der Waals surface area contributed by atoms with Crippen molar-refractivity contribution in [2.45, 2.75) is 0 Å². The van der Waals surface area contributed by atoms with E-state index >= 15 is 0 Å². The van der Waals surface area contributed by atoms with Gasteiger partial charge in [-0.25, -0.2) is 0 Å². The van der Waals surface area contributed by atoms with Crippen LogP contribution in [0.15, 0.2) is 48.5 Å². The summed E-state index contributed by atoms with van der Waals surface area (Å²) in [6.45, 7) is 3.77. The number of nitrogens with one attached hydrogen (secondary N) is 2. The molecule has 30 heavy (non-hydrogen) atoms. The predicted octanol–water partition coefficient (Wildman–Crippen LogP) is 2.41. The van der Waals surface area contributed by atoms with Crippen LogP contribution in [-0.4, -0.2) is 66.8 Å². The Morgan fingerprint density at radius 1 is 0.867 bits per heavy atom. The first-order valence-electron chi connectivity index (χ1n) is 9.54. The molecule has 2 aromatic carbocycles. The zero-order valence-electron chi connectivity index (χ0n) is 16.2.